The van der Waals surface area contributed by atoms with E-state index in [1.54, 1.807) is 0 Å². The molecule has 0 aromatic carbocycles. The number of hydrogen-bond donors (Lipinski definition) is 1. The van der Waals surface area contributed by atoms with Gasteiger partial charge in [0.1, 0.15) is 0 Å². The van der Waals surface area contributed by atoms with Gasteiger partial charge in [-0.3, -0.25) is 0 Å². The van der Waals surface area contributed by atoms with Crippen molar-refractivity contribution < 1.29 is 4.55 Å². The minimum absolute atomic E-state index is 0.664. The second-order valence-corrected chi connectivity index (χ2v) is 5.97. The van der Waals surface area contributed by atoms with E-state index in [0.717, 1.165) is 12.2 Å². The van der Waals surface area contributed by atoms with Gasteiger partial charge < -0.3 is 4.55 Å². The highest BCUT2D eigenvalue weighted by Crippen LogP contribution is 2.34. The van der Waals surface area contributed by atoms with E-state index in [4.69, 9.17) is 11.6 Å². The molecule has 0 fully saturated rings. The summed E-state index contributed by atoms with van der Waals surface area (Å²) in [4.78, 5) is 0. The van der Waals surface area contributed by atoms with Gasteiger partial charge in [0.15, 0.2) is 0 Å². The first-order valence-electron chi connectivity index (χ1n) is 2.56. The van der Waals surface area contributed by atoms with Gasteiger partial charge in [-0.1, -0.05) is 0 Å². The van der Waals surface area contributed by atoms with Crippen LogP contribution in [0.4, 0.5) is 0 Å². The smallest absolute Gasteiger partial charge is 0.0231 e. The van der Waals surface area contributed by atoms with Crippen LogP contribution < -0.4 is 0 Å². The van der Waals surface area contributed by atoms with Gasteiger partial charge >= 0.3 is 0 Å². The highest BCUT2D eigenvalue weighted by molar-refractivity contribution is 8.28. The second kappa shape index (κ2) is 3.59. The Hall–Kier alpha value is 0.600. The highest BCUT2D eigenvalue weighted by Gasteiger charge is 2.03. The molecule has 0 atom stereocenters. The number of hydrogen-bond acceptors (Lipinski definition) is 1. The van der Waals surface area contributed by atoms with E-state index in [0.29, 0.717) is 5.88 Å². The van der Waals surface area contributed by atoms with E-state index in [-0.39, 0.29) is 0 Å². The molecule has 0 heterocycles. The molecule has 0 aliphatic heterocycles. The molecule has 0 saturated carbocycles. The zero-order valence-corrected chi connectivity index (χ0v) is 6.93. The maximum atomic E-state index is 9.17. The van der Waals surface area contributed by atoms with Crippen molar-refractivity contribution in [2.75, 3.05) is 24.1 Å². The number of alkyl halides is 1. The van der Waals surface area contributed by atoms with Gasteiger partial charge in [0.25, 0.3) is 0 Å². The van der Waals surface area contributed by atoms with E-state index >= 15 is 0 Å². The van der Waals surface area contributed by atoms with E-state index < -0.39 is 10.3 Å². The quantitative estimate of drug-likeness (QED) is 0.621. The molecule has 0 unspecified atom stereocenters. The fourth-order valence-corrected chi connectivity index (χ4v) is 1.55. The first-order chi connectivity index (χ1) is 3.56. The zero-order valence-electron chi connectivity index (χ0n) is 5.35. The lowest BCUT2D eigenvalue weighted by Crippen LogP contribution is -1.99. The Balaban J connectivity index is 3.11. The monoisotopic (exact) mass is 156 g/mol. The zero-order chi connectivity index (χ0) is 6.62. The Morgan fingerprint density at radius 1 is 1.50 bits per heavy atom. The average Bonchev–Trinajstić information content (AvgIpc) is 1.59. The van der Waals surface area contributed by atoms with Crippen LogP contribution in [0.1, 0.15) is 6.42 Å². The SMILES string of the molecule is CS(C)(O)CCCCl. The molecule has 0 aliphatic carbocycles. The van der Waals surface area contributed by atoms with Crippen LogP contribution in [0.25, 0.3) is 0 Å². The molecule has 1 N–H and O–H groups in total. The predicted octanol–water partition coefficient (Wildman–Crippen LogP) is 2.15. The molecule has 0 bridgehead atoms. The van der Waals surface area contributed by atoms with Crippen LogP contribution in [-0.4, -0.2) is 28.7 Å². The van der Waals surface area contributed by atoms with Gasteiger partial charge in [0, 0.05) is 5.88 Å². The summed E-state index contributed by atoms with van der Waals surface area (Å²) >= 11 is 5.41. The van der Waals surface area contributed by atoms with Gasteiger partial charge in [-0.15, -0.1) is 21.9 Å². The first-order valence-corrected chi connectivity index (χ1v) is 5.67. The lowest BCUT2D eigenvalue weighted by Gasteiger charge is -2.21. The van der Waals surface area contributed by atoms with E-state index in [9.17, 15) is 4.55 Å². The van der Waals surface area contributed by atoms with Crippen molar-refractivity contribution in [1.82, 2.24) is 0 Å². The summed E-state index contributed by atoms with van der Waals surface area (Å²) in [5, 5.41) is 0. The Morgan fingerprint density at radius 3 is 2.12 bits per heavy atom. The molecule has 0 aromatic rings. The highest BCUT2D eigenvalue weighted by atomic mass is 35.5. The third-order valence-corrected chi connectivity index (χ3v) is 2.33. The Kier molecular flexibility index (Phi) is 3.86. The van der Waals surface area contributed by atoms with Crippen LogP contribution in [0, 0.1) is 0 Å². The standard InChI is InChI=1S/C5H13ClOS/c1-8(2,7)5-3-4-6/h7H,3-5H2,1-2H3. The van der Waals surface area contributed by atoms with Crippen molar-refractivity contribution >= 4 is 21.9 Å². The molecule has 0 amide bonds. The summed E-state index contributed by atoms with van der Waals surface area (Å²) in [6.07, 6.45) is 4.68. The fourth-order valence-electron chi connectivity index (χ4n) is 0.408. The first kappa shape index (κ1) is 8.60. The van der Waals surface area contributed by atoms with Crippen molar-refractivity contribution in [1.29, 1.82) is 0 Å². The van der Waals surface area contributed by atoms with Crippen molar-refractivity contribution in [3.05, 3.63) is 0 Å². The molecule has 1 nitrogen and oxygen atoms in total. The third-order valence-electron chi connectivity index (χ3n) is 0.778. The molecule has 0 aliphatic rings. The molecular weight excluding hydrogens is 144 g/mol. The van der Waals surface area contributed by atoms with Crippen LogP contribution in [0.5, 0.6) is 0 Å². The maximum absolute atomic E-state index is 9.17. The summed E-state index contributed by atoms with van der Waals surface area (Å²) in [6.45, 7) is 0. The summed E-state index contributed by atoms with van der Waals surface area (Å²) in [5.41, 5.74) is 0. The lowest BCUT2D eigenvalue weighted by molar-refractivity contribution is 0.635. The summed E-state index contributed by atoms with van der Waals surface area (Å²) < 4.78 is 9.17. The molecule has 8 heavy (non-hydrogen) atoms. The van der Waals surface area contributed by atoms with Gasteiger partial charge in [0.05, 0.1) is 0 Å². The molecule has 0 aromatic heterocycles. The summed E-state index contributed by atoms with van der Waals surface area (Å²) in [7, 11) is -1.27. The van der Waals surface area contributed by atoms with Crippen molar-refractivity contribution in [3.8, 4) is 0 Å². The second-order valence-electron chi connectivity index (χ2n) is 2.23. The predicted molar refractivity (Wildman–Crippen MR) is 42.3 cm³/mol. The van der Waals surface area contributed by atoms with Crippen LogP contribution in [0.2, 0.25) is 0 Å². The van der Waals surface area contributed by atoms with Gasteiger partial charge in [-0.05, 0) is 24.7 Å². The van der Waals surface area contributed by atoms with Crippen molar-refractivity contribution in [3.63, 3.8) is 0 Å². The number of halogens is 1. The minimum atomic E-state index is -1.27. The molecule has 0 saturated heterocycles. The van der Waals surface area contributed by atoms with Gasteiger partial charge in [-0.2, -0.15) is 0 Å². The topological polar surface area (TPSA) is 20.2 Å². The van der Waals surface area contributed by atoms with Gasteiger partial charge in [-0.25, -0.2) is 0 Å². The number of rotatable bonds is 3. The molecular formula is C5H13ClOS. The Labute approximate surface area is 57.6 Å². The molecule has 52 valence electrons. The molecule has 0 rings (SSSR count). The van der Waals surface area contributed by atoms with Crippen LogP contribution in [0.15, 0.2) is 0 Å². The minimum Gasteiger partial charge on any atom is -0.352 e. The normalized spacial score (nSPS) is 14.0. The van der Waals surface area contributed by atoms with Crippen LogP contribution in [-0.2, 0) is 0 Å². The Bertz CT molecular complexity index is 59.9. The molecule has 0 radical (unpaired) electrons. The van der Waals surface area contributed by atoms with Gasteiger partial charge in [0.2, 0.25) is 0 Å². The molecule has 0 spiro atoms. The van der Waals surface area contributed by atoms with E-state index in [2.05, 4.69) is 0 Å². The van der Waals surface area contributed by atoms with Crippen LogP contribution in [0.3, 0.4) is 0 Å². The van der Waals surface area contributed by atoms with Crippen molar-refractivity contribution in [2.24, 2.45) is 0 Å². The summed E-state index contributed by atoms with van der Waals surface area (Å²) in [5.74, 6) is 1.54. The fraction of sp³-hybridized carbons (Fsp3) is 1.00. The third kappa shape index (κ3) is 6.60. The molecule has 3 heteroatoms. The van der Waals surface area contributed by atoms with Crippen LogP contribution >= 0.6 is 21.9 Å². The summed E-state index contributed by atoms with van der Waals surface area (Å²) in [6, 6.07) is 0. The maximum Gasteiger partial charge on any atom is 0.0231 e. The van der Waals surface area contributed by atoms with E-state index in [1.165, 1.54) is 0 Å². The largest absolute Gasteiger partial charge is 0.352 e. The lowest BCUT2D eigenvalue weighted by atomic mass is 10.6. The average molecular weight is 157 g/mol. The van der Waals surface area contributed by atoms with E-state index in [1.807, 2.05) is 12.5 Å². The van der Waals surface area contributed by atoms with Crippen molar-refractivity contribution in [2.45, 2.75) is 6.42 Å². The Morgan fingerprint density at radius 2 is 2.00 bits per heavy atom.